The molecule has 1 aromatic carbocycles. The van der Waals surface area contributed by atoms with Gasteiger partial charge in [-0.2, -0.15) is 0 Å². The lowest BCUT2D eigenvalue weighted by Crippen LogP contribution is -2.30. The number of aliphatic hydroxyl groups is 1. The van der Waals surface area contributed by atoms with E-state index in [4.69, 9.17) is 14.3 Å². The van der Waals surface area contributed by atoms with Gasteiger partial charge >= 0.3 is 0 Å². The maximum absolute atomic E-state index is 12.4. The Kier molecular flexibility index (Phi) is 7.55. The molecule has 0 saturated heterocycles. The SMILES string of the molecule is O=C(NO)c1cc(CCNC(=O)c2cc(-c3cccc(NC(O)C4CCCCC4)c3)on2)on1. The molecule has 3 aromatic rings. The highest BCUT2D eigenvalue weighted by molar-refractivity contribution is 5.93. The molecule has 2 aromatic heterocycles. The van der Waals surface area contributed by atoms with Crippen LogP contribution in [0.4, 0.5) is 5.69 Å². The molecule has 0 aliphatic heterocycles. The second-order valence-corrected chi connectivity index (χ2v) is 8.27. The van der Waals surface area contributed by atoms with Crippen LogP contribution in [0.2, 0.25) is 0 Å². The number of benzene rings is 1. The zero-order chi connectivity index (χ0) is 23.9. The maximum Gasteiger partial charge on any atom is 0.296 e. The zero-order valence-electron chi connectivity index (χ0n) is 18.5. The van der Waals surface area contributed by atoms with E-state index in [2.05, 4.69) is 20.9 Å². The number of hydrogen-bond donors (Lipinski definition) is 5. The van der Waals surface area contributed by atoms with Crippen LogP contribution in [0.1, 0.15) is 58.8 Å². The molecule has 2 amide bonds. The van der Waals surface area contributed by atoms with Gasteiger partial charge in [0.1, 0.15) is 12.0 Å². The molecule has 1 aliphatic carbocycles. The quantitative estimate of drug-likeness (QED) is 0.180. The smallest absolute Gasteiger partial charge is 0.296 e. The van der Waals surface area contributed by atoms with Gasteiger partial charge in [-0.15, -0.1) is 0 Å². The molecular weight excluding hydrogens is 442 g/mol. The third-order valence-electron chi connectivity index (χ3n) is 5.85. The number of hydroxylamine groups is 1. The number of nitrogens with one attached hydrogen (secondary N) is 3. The van der Waals surface area contributed by atoms with Gasteiger partial charge in [0.15, 0.2) is 17.1 Å². The standard InChI is InChI=1S/C23H27N5O6/c29-21(14-5-2-1-3-6-14)25-16-8-4-7-15(11-16)20-13-19(28-34-20)22(30)24-10-9-17-12-18(27-33-17)23(31)26-32/h4,7-8,11-14,21,25,29,32H,1-3,5-6,9-10H2,(H,24,30)(H,26,31). The topological polar surface area (TPSA) is 163 Å². The van der Waals surface area contributed by atoms with Crippen molar-refractivity contribution >= 4 is 17.5 Å². The van der Waals surface area contributed by atoms with Crippen molar-refractivity contribution in [3.8, 4) is 11.3 Å². The van der Waals surface area contributed by atoms with Gasteiger partial charge in [-0.25, -0.2) is 5.48 Å². The largest absolute Gasteiger partial charge is 0.374 e. The van der Waals surface area contributed by atoms with Crippen LogP contribution in [0.3, 0.4) is 0 Å². The lowest BCUT2D eigenvalue weighted by molar-refractivity contribution is 0.0696. The molecule has 1 aliphatic rings. The average molecular weight is 469 g/mol. The summed E-state index contributed by atoms with van der Waals surface area (Å²) in [5, 5.41) is 32.4. The number of aliphatic hydroxyl groups excluding tert-OH is 1. The first-order valence-corrected chi connectivity index (χ1v) is 11.2. The summed E-state index contributed by atoms with van der Waals surface area (Å²) < 4.78 is 10.3. The van der Waals surface area contributed by atoms with Crippen molar-refractivity contribution in [1.29, 1.82) is 0 Å². The summed E-state index contributed by atoms with van der Waals surface area (Å²) in [6, 6.07) is 10.3. The third-order valence-corrected chi connectivity index (χ3v) is 5.85. The van der Waals surface area contributed by atoms with Gasteiger partial charge in [0.2, 0.25) is 0 Å². The van der Waals surface area contributed by atoms with Gasteiger partial charge in [0, 0.05) is 42.3 Å². The Balaban J connectivity index is 1.31. The van der Waals surface area contributed by atoms with E-state index in [1.54, 1.807) is 6.07 Å². The van der Waals surface area contributed by atoms with Crippen molar-refractivity contribution < 1.29 is 28.9 Å². The summed E-state index contributed by atoms with van der Waals surface area (Å²) in [5.74, 6) is -0.162. The van der Waals surface area contributed by atoms with Gasteiger partial charge in [-0.1, -0.05) is 41.7 Å². The number of carbonyl (C=O) groups excluding carboxylic acids is 2. The first kappa shape index (κ1) is 23.5. The highest BCUT2D eigenvalue weighted by Gasteiger charge is 2.22. The first-order chi connectivity index (χ1) is 16.5. The van der Waals surface area contributed by atoms with Crippen molar-refractivity contribution in [2.75, 3.05) is 11.9 Å². The Bertz CT molecular complexity index is 1120. The first-order valence-electron chi connectivity index (χ1n) is 11.2. The minimum atomic E-state index is -0.781. The Hall–Kier alpha value is -3.70. The number of anilines is 1. The van der Waals surface area contributed by atoms with Crippen LogP contribution in [0.15, 0.2) is 45.4 Å². The molecule has 1 fully saturated rings. The Morgan fingerprint density at radius 2 is 1.79 bits per heavy atom. The second kappa shape index (κ2) is 10.9. The number of carbonyl (C=O) groups is 2. The molecule has 2 heterocycles. The highest BCUT2D eigenvalue weighted by atomic mass is 16.5. The zero-order valence-corrected chi connectivity index (χ0v) is 18.5. The van der Waals surface area contributed by atoms with E-state index in [9.17, 15) is 14.7 Å². The van der Waals surface area contributed by atoms with E-state index in [1.807, 2.05) is 24.3 Å². The van der Waals surface area contributed by atoms with Crippen molar-refractivity contribution in [3.63, 3.8) is 0 Å². The summed E-state index contributed by atoms with van der Waals surface area (Å²) in [6.07, 6.45) is 5.24. The van der Waals surface area contributed by atoms with E-state index < -0.39 is 18.0 Å². The molecular formula is C23H27N5O6. The van der Waals surface area contributed by atoms with Crippen LogP contribution >= 0.6 is 0 Å². The fraction of sp³-hybridized carbons (Fsp3) is 0.391. The van der Waals surface area contributed by atoms with E-state index in [-0.39, 0.29) is 23.9 Å². The summed E-state index contributed by atoms with van der Waals surface area (Å²) in [7, 11) is 0. The summed E-state index contributed by atoms with van der Waals surface area (Å²) in [4.78, 5) is 23.7. The van der Waals surface area contributed by atoms with Gasteiger partial charge in [0.25, 0.3) is 11.8 Å². The Morgan fingerprint density at radius 1 is 1.03 bits per heavy atom. The van der Waals surface area contributed by atoms with Crippen LogP contribution in [0.25, 0.3) is 11.3 Å². The Morgan fingerprint density at radius 3 is 2.59 bits per heavy atom. The predicted octanol–water partition coefficient (Wildman–Crippen LogP) is 2.73. The Labute approximate surface area is 195 Å². The maximum atomic E-state index is 12.4. The number of nitrogens with zero attached hydrogens (tertiary/aromatic N) is 2. The summed E-state index contributed by atoms with van der Waals surface area (Å²) >= 11 is 0. The van der Waals surface area contributed by atoms with Crippen LogP contribution in [0.5, 0.6) is 0 Å². The fourth-order valence-corrected chi connectivity index (χ4v) is 4.00. The minimum Gasteiger partial charge on any atom is -0.374 e. The van der Waals surface area contributed by atoms with E-state index in [1.165, 1.54) is 18.0 Å². The predicted molar refractivity (Wildman–Crippen MR) is 120 cm³/mol. The number of rotatable bonds is 9. The third kappa shape index (κ3) is 5.80. The number of hydrogen-bond acceptors (Lipinski definition) is 9. The number of aromatic nitrogens is 2. The molecule has 0 spiro atoms. The molecule has 11 nitrogen and oxygen atoms in total. The average Bonchev–Trinajstić information content (AvgIpc) is 3.55. The van der Waals surface area contributed by atoms with Crippen LogP contribution < -0.4 is 16.1 Å². The molecule has 0 bridgehead atoms. The van der Waals surface area contributed by atoms with Crippen LogP contribution in [-0.2, 0) is 6.42 Å². The molecule has 1 unspecified atom stereocenters. The molecule has 5 N–H and O–H groups in total. The summed E-state index contributed by atoms with van der Waals surface area (Å²) in [5.41, 5.74) is 3.01. The van der Waals surface area contributed by atoms with Crippen LogP contribution in [0, 0.1) is 5.92 Å². The van der Waals surface area contributed by atoms with Crippen molar-refractivity contribution in [2.24, 2.45) is 5.92 Å². The summed E-state index contributed by atoms with van der Waals surface area (Å²) in [6.45, 7) is 0.217. The molecule has 11 heteroatoms. The fourth-order valence-electron chi connectivity index (χ4n) is 4.00. The molecule has 4 rings (SSSR count). The van der Waals surface area contributed by atoms with Gasteiger partial charge in [0.05, 0.1) is 0 Å². The van der Waals surface area contributed by atoms with Crippen molar-refractivity contribution in [2.45, 2.75) is 44.8 Å². The van der Waals surface area contributed by atoms with Gasteiger partial charge in [-0.05, 0) is 25.0 Å². The molecule has 180 valence electrons. The normalized spacial score (nSPS) is 15.0. The van der Waals surface area contributed by atoms with Gasteiger partial charge < -0.3 is 24.8 Å². The van der Waals surface area contributed by atoms with Gasteiger partial charge in [-0.3, -0.25) is 14.8 Å². The minimum absolute atomic E-state index is 0.0621. The monoisotopic (exact) mass is 469 g/mol. The number of amides is 2. The molecule has 34 heavy (non-hydrogen) atoms. The van der Waals surface area contributed by atoms with E-state index in [0.717, 1.165) is 36.9 Å². The lowest BCUT2D eigenvalue weighted by Gasteiger charge is -2.27. The second-order valence-electron chi connectivity index (χ2n) is 8.27. The van der Waals surface area contributed by atoms with Crippen molar-refractivity contribution in [3.05, 3.63) is 53.5 Å². The van der Waals surface area contributed by atoms with E-state index in [0.29, 0.717) is 17.9 Å². The van der Waals surface area contributed by atoms with E-state index >= 15 is 0 Å². The molecule has 1 atom stereocenters. The van der Waals surface area contributed by atoms with Crippen LogP contribution in [-0.4, -0.2) is 45.2 Å². The molecule has 1 saturated carbocycles. The van der Waals surface area contributed by atoms with Crippen molar-refractivity contribution in [1.82, 2.24) is 21.1 Å². The lowest BCUT2D eigenvalue weighted by atomic mass is 9.88. The highest BCUT2D eigenvalue weighted by Crippen LogP contribution is 2.29. The molecule has 0 radical (unpaired) electrons.